The molecule has 0 radical (unpaired) electrons. The fraction of sp³-hybridized carbons (Fsp3) is 0.632. The summed E-state index contributed by atoms with van der Waals surface area (Å²) in [7, 11) is 1.89. The molecule has 0 bridgehead atoms. The summed E-state index contributed by atoms with van der Waals surface area (Å²) in [6.45, 7) is 5.83. The molecule has 2 aromatic rings. The Labute approximate surface area is 159 Å². The van der Waals surface area contributed by atoms with Crippen LogP contribution in [-0.4, -0.2) is 69.4 Å². The summed E-state index contributed by atoms with van der Waals surface area (Å²) in [4.78, 5) is 21.7. The molecule has 2 aromatic heterocycles. The molecule has 146 valence electrons. The Morgan fingerprint density at radius 1 is 1.26 bits per heavy atom. The van der Waals surface area contributed by atoms with Crippen LogP contribution >= 0.6 is 0 Å². The van der Waals surface area contributed by atoms with Crippen molar-refractivity contribution in [2.75, 3.05) is 32.8 Å². The highest BCUT2D eigenvalue weighted by atomic mass is 16.5. The van der Waals surface area contributed by atoms with Crippen molar-refractivity contribution in [1.29, 1.82) is 0 Å². The average Bonchev–Trinajstić information content (AvgIpc) is 3.30. The third-order valence-electron chi connectivity index (χ3n) is 5.51. The van der Waals surface area contributed by atoms with Gasteiger partial charge in [-0.15, -0.1) is 0 Å². The molecule has 2 aliphatic heterocycles. The van der Waals surface area contributed by atoms with Gasteiger partial charge in [0.05, 0.1) is 24.9 Å². The lowest BCUT2D eigenvalue weighted by molar-refractivity contribution is -0.0743. The number of rotatable bonds is 4. The van der Waals surface area contributed by atoms with Crippen LogP contribution in [0.4, 0.5) is 0 Å². The number of carbonyl (C=O) groups is 1. The van der Waals surface area contributed by atoms with Crippen molar-refractivity contribution in [3.8, 4) is 0 Å². The Hall–Kier alpha value is -2.19. The first-order valence-electron chi connectivity index (χ1n) is 9.67. The number of likely N-dealkylation sites (tertiary alicyclic amines) is 1. The number of oxazole rings is 1. The second kappa shape index (κ2) is 7.82. The van der Waals surface area contributed by atoms with Gasteiger partial charge in [-0.25, -0.2) is 4.98 Å². The van der Waals surface area contributed by atoms with Crippen LogP contribution in [0.3, 0.4) is 0 Å². The minimum Gasteiger partial charge on any atom is -0.448 e. The molecule has 0 saturated carbocycles. The fourth-order valence-electron chi connectivity index (χ4n) is 4.14. The van der Waals surface area contributed by atoms with E-state index in [1.54, 1.807) is 11.6 Å². The second-order valence-electron chi connectivity index (χ2n) is 7.42. The number of nitrogens with zero attached hydrogens (tertiary/aromatic N) is 5. The van der Waals surface area contributed by atoms with Crippen LogP contribution in [0.2, 0.25) is 0 Å². The van der Waals surface area contributed by atoms with Crippen molar-refractivity contribution < 1.29 is 13.9 Å². The molecule has 4 rings (SSSR count). The lowest BCUT2D eigenvalue weighted by Gasteiger charge is -2.43. The highest BCUT2D eigenvalue weighted by molar-refractivity contribution is 5.93. The quantitative estimate of drug-likeness (QED) is 0.813. The average molecular weight is 373 g/mol. The van der Waals surface area contributed by atoms with Gasteiger partial charge in [-0.2, -0.15) is 5.10 Å². The lowest BCUT2D eigenvalue weighted by Crippen LogP contribution is -2.52. The van der Waals surface area contributed by atoms with Crippen molar-refractivity contribution in [3.63, 3.8) is 0 Å². The molecule has 8 heteroatoms. The summed E-state index contributed by atoms with van der Waals surface area (Å²) in [6.07, 6.45) is 8.79. The Balaban J connectivity index is 1.62. The zero-order valence-corrected chi connectivity index (χ0v) is 16.0. The molecule has 2 fully saturated rings. The van der Waals surface area contributed by atoms with Gasteiger partial charge < -0.3 is 19.0 Å². The molecule has 2 saturated heterocycles. The SMILES string of the molecule is Cc1ocnc1C(=O)N1CCO[C@@H](CN2CCCCC2)[C@@H]1c1cnn(C)c1. The van der Waals surface area contributed by atoms with Crippen LogP contribution in [0.15, 0.2) is 23.2 Å². The van der Waals surface area contributed by atoms with Crippen molar-refractivity contribution in [2.24, 2.45) is 7.05 Å². The molecular weight excluding hydrogens is 346 g/mol. The third-order valence-corrected chi connectivity index (χ3v) is 5.51. The number of hydrogen-bond donors (Lipinski definition) is 0. The molecule has 27 heavy (non-hydrogen) atoms. The molecule has 0 N–H and O–H groups in total. The van der Waals surface area contributed by atoms with Crippen LogP contribution in [0, 0.1) is 6.92 Å². The number of piperidine rings is 1. The highest BCUT2D eigenvalue weighted by Crippen LogP contribution is 2.32. The fourth-order valence-corrected chi connectivity index (χ4v) is 4.14. The maximum atomic E-state index is 13.2. The summed E-state index contributed by atoms with van der Waals surface area (Å²) >= 11 is 0. The summed E-state index contributed by atoms with van der Waals surface area (Å²) in [6, 6.07) is -0.182. The van der Waals surface area contributed by atoms with E-state index in [1.807, 2.05) is 24.3 Å². The Morgan fingerprint density at radius 3 is 2.74 bits per heavy atom. The van der Waals surface area contributed by atoms with Crippen LogP contribution in [0.5, 0.6) is 0 Å². The first-order valence-corrected chi connectivity index (χ1v) is 9.67. The number of hydrogen-bond acceptors (Lipinski definition) is 6. The van der Waals surface area contributed by atoms with Crippen LogP contribution in [0.1, 0.15) is 47.1 Å². The van der Waals surface area contributed by atoms with E-state index in [0.717, 1.165) is 25.2 Å². The maximum absolute atomic E-state index is 13.2. The van der Waals surface area contributed by atoms with E-state index in [9.17, 15) is 4.79 Å². The monoisotopic (exact) mass is 373 g/mol. The van der Waals surface area contributed by atoms with Gasteiger partial charge >= 0.3 is 0 Å². The summed E-state index contributed by atoms with van der Waals surface area (Å²) in [5, 5.41) is 4.32. The molecule has 0 unspecified atom stereocenters. The first-order chi connectivity index (χ1) is 13.1. The number of morpholine rings is 1. The Morgan fingerprint density at radius 2 is 2.07 bits per heavy atom. The molecular formula is C19H27N5O3. The van der Waals surface area contributed by atoms with Gasteiger partial charge in [0.25, 0.3) is 5.91 Å². The van der Waals surface area contributed by atoms with E-state index in [1.165, 1.54) is 25.7 Å². The second-order valence-corrected chi connectivity index (χ2v) is 7.42. The number of ether oxygens (including phenoxy) is 1. The summed E-state index contributed by atoms with van der Waals surface area (Å²) in [5.41, 5.74) is 1.37. The smallest absolute Gasteiger partial charge is 0.276 e. The van der Waals surface area contributed by atoms with Crippen molar-refractivity contribution >= 4 is 5.91 Å². The van der Waals surface area contributed by atoms with Gasteiger partial charge in [0.1, 0.15) is 5.76 Å². The molecule has 0 aromatic carbocycles. The number of carbonyl (C=O) groups excluding carboxylic acids is 1. The van der Waals surface area contributed by atoms with Gasteiger partial charge in [-0.1, -0.05) is 6.42 Å². The van der Waals surface area contributed by atoms with Gasteiger partial charge in [0, 0.05) is 31.9 Å². The van der Waals surface area contributed by atoms with E-state index < -0.39 is 0 Å². The Kier molecular flexibility index (Phi) is 5.27. The van der Waals surface area contributed by atoms with Gasteiger partial charge in [-0.05, 0) is 32.9 Å². The van der Waals surface area contributed by atoms with Gasteiger partial charge in [0.2, 0.25) is 0 Å². The number of aryl methyl sites for hydroxylation is 2. The maximum Gasteiger partial charge on any atom is 0.276 e. The van der Waals surface area contributed by atoms with E-state index >= 15 is 0 Å². The molecule has 0 aliphatic carbocycles. The van der Waals surface area contributed by atoms with Gasteiger partial charge in [0.15, 0.2) is 12.1 Å². The van der Waals surface area contributed by atoms with Gasteiger partial charge in [-0.3, -0.25) is 9.48 Å². The minimum absolute atomic E-state index is 0.0859. The molecule has 1 amide bonds. The van der Waals surface area contributed by atoms with E-state index in [-0.39, 0.29) is 18.1 Å². The normalized spacial score (nSPS) is 24.3. The minimum atomic E-state index is -0.182. The van der Waals surface area contributed by atoms with Crippen LogP contribution < -0.4 is 0 Å². The van der Waals surface area contributed by atoms with Crippen molar-refractivity contribution in [1.82, 2.24) is 24.6 Å². The van der Waals surface area contributed by atoms with E-state index in [2.05, 4.69) is 15.0 Å². The lowest BCUT2D eigenvalue weighted by atomic mass is 9.99. The molecule has 8 nitrogen and oxygen atoms in total. The number of aromatic nitrogens is 3. The summed E-state index contributed by atoms with van der Waals surface area (Å²) < 4.78 is 13.2. The molecule has 2 atom stereocenters. The highest BCUT2D eigenvalue weighted by Gasteiger charge is 2.39. The first kappa shape index (κ1) is 18.2. The zero-order valence-electron chi connectivity index (χ0n) is 16.0. The van der Waals surface area contributed by atoms with Crippen molar-refractivity contribution in [3.05, 3.63) is 35.8 Å². The molecule has 4 heterocycles. The topological polar surface area (TPSA) is 76.6 Å². The van der Waals surface area contributed by atoms with Crippen LogP contribution in [-0.2, 0) is 11.8 Å². The molecule has 0 spiro atoms. The largest absolute Gasteiger partial charge is 0.448 e. The molecule has 2 aliphatic rings. The predicted molar refractivity (Wildman–Crippen MR) is 98.3 cm³/mol. The number of amides is 1. The zero-order chi connectivity index (χ0) is 18.8. The standard InChI is InChI=1S/C19H27N5O3/c1-14-17(20-13-27-14)19(25)24-8-9-26-16(12-23-6-4-3-5-7-23)18(24)15-10-21-22(2)11-15/h10-11,13,16,18H,3-9,12H2,1-2H3/t16-,18-/m0/s1. The predicted octanol–water partition coefficient (Wildman–Crippen LogP) is 1.78. The van der Waals surface area contributed by atoms with E-state index in [0.29, 0.717) is 24.6 Å². The van der Waals surface area contributed by atoms with E-state index in [4.69, 9.17) is 9.15 Å². The third kappa shape index (κ3) is 3.77. The summed E-state index contributed by atoms with van der Waals surface area (Å²) in [5.74, 6) is 0.436. The van der Waals surface area contributed by atoms with Crippen LogP contribution in [0.25, 0.3) is 0 Å². The Bertz CT molecular complexity index is 780. The van der Waals surface area contributed by atoms with Crippen molar-refractivity contribution in [2.45, 2.75) is 38.3 Å².